The number of nitrogens with one attached hydrogen (secondary N) is 2. The third kappa shape index (κ3) is 7.43. The summed E-state index contributed by atoms with van der Waals surface area (Å²) >= 11 is 0. The molecule has 1 saturated carbocycles. The number of fused-ring (bicyclic) bond motifs is 1. The third-order valence-electron chi connectivity index (χ3n) is 7.46. The minimum atomic E-state index is -0.857. The Hall–Kier alpha value is -2.68. The average molecular weight is 531 g/mol. The Morgan fingerprint density at radius 3 is 2.46 bits per heavy atom. The summed E-state index contributed by atoms with van der Waals surface area (Å²) in [6.45, 7) is 0.620. The Balaban J connectivity index is 0.00000380. The first-order valence-electron chi connectivity index (χ1n) is 13.2. The summed E-state index contributed by atoms with van der Waals surface area (Å²) < 4.78 is 0. The van der Waals surface area contributed by atoms with Gasteiger partial charge in [-0.15, -0.1) is 12.4 Å². The number of halogens is 1. The maximum Gasteiger partial charge on any atom is 0.243 e. The number of benzene rings is 2. The van der Waals surface area contributed by atoms with E-state index in [1.54, 1.807) is 4.90 Å². The molecule has 0 aromatic heterocycles. The number of likely N-dealkylation sites (tertiary alicyclic amines) is 1. The number of nitrogens with two attached hydrogens (primary N) is 1. The molecule has 8 nitrogen and oxygen atoms in total. The van der Waals surface area contributed by atoms with E-state index in [0.29, 0.717) is 19.4 Å². The van der Waals surface area contributed by atoms with Gasteiger partial charge < -0.3 is 26.4 Å². The van der Waals surface area contributed by atoms with E-state index in [9.17, 15) is 19.5 Å². The molecule has 1 heterocycles. The van der Waals surface area contributed by atoms with Crippen molar-refractivity contribution in [1.29, 1.82) is 0 Å². The van der Waals surface area contributed by atoms with E-state index in [4.69, 9.17) is 5.73 Å². The second kappa shape index (κ2) is 13.7. The molecular weight excluding hydrogens is 492 g/mol. The van der Waals surface area contributed by atoms with E-state index in [-0.39, 0.29) is 49.1 Å². The van der Waals surface area contributed by atoms with E-state index in [1.807, 2.05) is 42.5 Å². The van der Waals surface area contributed by atoms with Crippen LogP contribution in [0.5, 0.6) is 0 Å². The van der Waals surface area contributed by atoms with Gasteiger partial charge in [0.2, 0.25) is 17.7 Å². The second-order valence-electron chi connectivity index (χ2n) is 10.1. The molecule has 2 aromatic carbocycles. The van der Waals surface area contributed by atoms with Crippen molar-refractivity contribution in [1.82, 2.24) is 15.5 Å². The highest BCUT2D eigenvalue weighted by atomic mass is 35.5. The van der Waals surface area contributed by atoms with Gasteiger partial charge in [0.1, 0.15) is 12.1 Å². The number of aliphatic hydroxyl groups excluding tert-OH is 1. The van der Waals surface area contributed by atoms with Crippen LogP contribution in [0.25, 0.3) is 10.8 Å². The summed E-state index contributed by atoms with van der Waals surface area (Å²) in [5.41, 5.74) is 6.38. The molecule has 202 valence electrons. The standard InChI is InChI=1S/C28H38N4O4.ClH/c29-17-23(33)18-30-26(34)24(16-19-12-13-20-7-4-5-10-22(20)15-19)31-27(35)25-11-6-14-32(25)28(36)21-8-2-1-3-9-21;/h4-5,7,10,12-13,15,21,23-25,33H,1-3,6,8-9,11,14,16-18,29H2,(H,30,34)(H,31,35);1H/t23?,24-,25?;/m1./s1. The van der Waals surface area contributed by atoms with Gasteiger partial charge >= 0.3 is 0 Å². The minimum absolute atomic E-state index is 0. The SMILES string of the molecule is Cl.NCC(O)CNC(=O)[C@@H](Cc1ccc2ccccc2c1)NC(=O)C1CCCN1C(=O)C1CCCCC1. The number of carbonyl (C=O) groups is 3. The van der Waals surface area contributed by atoms with Crippen LogP contribution in [0.4, 0.5) is 0 Å². The lowest BCUT2D eigenvalue weighted by atomic mass is 9.88. The molecule has 2 aliphatic rings. The Bertz CT molecular complexity index is 1080. The number of nitrogens with zero attached hydrogens (tertiary/aromatic N) is 1. The van der Waals surface area contributed by atoms with Crippen LogP contribution < -0.4 is 16.4 Å². The number of amides is 3. The summed E-state index contributed by atoms with van der Waals surface area (Å²) in [5, 5.41) is 17.6. The zero-order chi connectivity index (χ0) is 25.5. The predicted molar refractivity (Wildman–Crippen MR) is 146 cm³/mol. The summed E-state index contributed by atoms with van der Waals surface area (Å²) in [4.78, 5) is 41.4. The molecule has 0 radical (unpaired) electrons. The van der Waals surface area contributed by atoms with Crippen LogP contribution in [-0.4, -0.2) is 65.5 Å². The maximum absolute atomic E-state index is 13.4. The van der Waals surface area contributed by atoms with E-state index in [0.717, 1.165) is 54.9 Å². The number of rotatable bonds is 9. The van der Waals surface area contributed by atoms with Gasteiger partial charge in [-0.1, -0.05) is 61.7 Å². The van der Waals surface area contributed by atoms with Crippen molar-refractivity contribution in [2.75, 3.05) is 19.6 Å². The van der Waals surface area contributed by atoms with Gasteiger partial charge in [-0.3, -0.25) is 14.4 Å². The molecule has 5 N–H and O–H groups in total. The summed E-state index contributed by atoms with van der Waals surface area (Å²) in [6.07, 6.45) is 5.88. The summed E-state index contributed by atoms with van der Waals surface area (Å²) in [6, 6.07) is 12.6. The molecule has 2 fully saturated rings. The molecule has 3 amide bonds. The fourth-order valence-electron chi connectivity index (χ4n) is 5.39. The van der Waals surface area contributed by atoms with Crippen molar-refractivity contribution < 1.29 is 19.5 Å². The van der Waals surface area contributed by atoms with Crippen LogP contribution in [0.15, 0.2) is 42.5 Å². The highest BCUT2D eigenvalue weighted by molar-refractivity contribution is 5.93. The number of hydrogen-bond acceptors (Lipinski definition) is 5. The van der Waals surface area contributed by atoms with E-state index < -0.39 is 18.2 Å². The molecule has 1 saturated heterocycles. The molecule has 3 atom stereocenters. The Morgan fingerprint density at radius 1 is 1.00 bits per heavy atom. The zero-order valence-corrected chi connectivity index (χ0v) is 22.1. The first kappa shape index (κ1) is 28.9. The molecule has 1 aliphatic heterocycles. The summed E-state index contributed by atoms with van der Waals surface area (Å²) in [7, 11) is 0. The molecular formula is C28H39ClN4O4. The van der Waals surface area contributed by atoms with Gasteiger partial charge in [0.25, 0.3) is 0 Å². The van der Waals surface area contributed by atoms with Crippen molar-refractivity contribution in [2.45, 2.75) is 69.6 Å². The Morgan fingerprint density at radius 2 is 1.73 bits per heavy atom. The lowest BCUT2D eigenvalue weighted by Gasteiger charge is -2.31. The van der Waals surface area contributed by atoms with Gasteiger partial charge in [0.15, 0.2) is 0 Å². The maximum atomic E-state index is 13.4. The monoisotopic (exact) mass is 530 g/mol. The molecule has 0 spiro atoms. The molecule has 1 aliphatic carbocycles. The van der Waals surface area contributed by atoms with E-state index >= 15 is 0 Å². The van der Waals surface area contributed by atoms with Crippen molar-refractivity contribution in [3.63, 3.8) is 0 Å². The van der Waals surface area contributed by atoms with Crippen LogP contribution in [0.3, 0.4) is 0 Å². The Labute approximate surface area is 224 Å². The lowest BCUT2D eigenvalue weighted by Crippen LogP contribution is -2.55. The minimum Gasteiger partial charge on any atom is -0.390 e. The molecule has 4 rings (SSSR count). The molecule has 37 heavy (non-hydrogen) atoms. The highest BCUT2D eigenvalue weighted by Gasteiger charge is 2.38. The number of aliphatic hydroxyl groups is 1. The van der Waals surface area contributed by atoms with Crippen molar-refractivity contribution >= 4 is 40.9 Å². The molecule has 2 aromatic rings. The van der Waals surface area contributed by atoms with E-state index in [1.165, 1.54) is 0 Å². The fourth-order valence-corrected chi connectivity index (χ4v) is 5.39. The molecule has 9 heteroatoms. The quantitative estimate of drug-likeness (QED) is 0.396. The van der Waals surface area contributed by atoms with Gasteiger partial charge in [0.05, 0.1) is 6.10 Å². The normalized spacial score (nSPS) is 19.6. The van der Waals surface area contributed by atoms with Gasteiger partial charge in [-0.05, 0) is 42.0 Å². The average Bonchev–Trinajstić information content (AvgIpc) is 3.41. The van der Waals surface area contributed by atoms with Crippen molar-refractivity contribution in [3.05, 3.63) is 48.0 Å². The first-order valence-corrected chi connectivity index (χ1v) is 13.2. The van der Waals surface area contributed by atoms with Gasteiger partial charge in [-0.2, -0.15) is 0 Å². The van der Waals surface area contributed by atoms with Crippen molar-refractivity contribution in [2.24, 2.45) is 11.7 Å². The van der Waals surface area contributed by atoms with Crippen LogP contribution in [0, 0.1) is 5.92 Å². The number of carbonyl (C=O) groups excluding carboxylic acids is 3. The van der Waals surface area contributed by atoms with Gasteiger partial charge in [0, 0.05) is 32.0 Å². The van der Waals surface area contributed by atoms with Crippen molar-refractivity contribution in [3.8, 4) is 0 Å². The van der Waals surface area contributed by atoms with Crippen LogP contribution >= 0.6 is 12.4 Å². The van der Waals surface area contributed by atoms with Crippen LogP contribution in [0.2, 0.25) is 0 Å². The predicted octanol–water partition coefficient (Wildman–Crippen LogP) is 2.30. The second-order valence-corrected chi connectivity index (χ2v) is 10.1. The fraction of sp³-hybridized carbons (Fsp3) is 0.536. The smallest absolute Gasteiger partial charge is 0.243 e. The third-order valence-corrected chi connectivity index (χ3v) is 7.46. The highest BCUT2D eigenvalue weighted by Crippen LogP contribution is 2.29. The number of hydrogen-bond donors (Lipinski definition) is 4. The molecule has 0 bridgehead atoms. The van der Waals surface area contributed by atoms with E-state index in [2.05, 4.69) is 10.6 Å². The van der Waals surface area contributed by atoms with Gasteiger partial charge in [-0.25, -0.2) is 0 Å². The first-order chi connectivity index (χ1) is 17.5. The Kier molecular flexibility index (Phi) is 10.7. The van der Waals surface area contributed by atoms with Crippen LogP contribution in [-0.2, 0) is 20.8 Å². The lowest BCUT2D eigenvalue weighted by molar-refractivity contribution is -0.143. The van der Waals surface area contributed by atoms with Crippen LogP contribution in [0.1, 0.15) is 50.5 Å². The summed E-state index contributed by atoms with van der Waals surface area (Å²) in [5.74, 6) is -0.598. The molecule has 2 unspecified atom stereocenters. The topological polar surface area (TPSA) is 125 Å². The zero-order valence-electron chi connectivity index (χ0n) is 21.2. The largest absolute Gasteiger partial charge is 0.390 e.